The molecular weight excluding hydrogens is 2020 g/mol. The first kappa shape index (κ1) is 102. The molecule has 21 rings (SSSR count). The SMILES string of the molecule is CC[C@@H]1CN(C[C@@H](O)[C@@H]2Cc3ccccc3CN2)C(=O)c2ccc(Br)cc21.CC[C@@H]1CN(C[C@H](O)[C@@H]2Cc3ccccc3CN2)C(=O)c2ccc(Br)cc21.CC[C@H]1CN(C[C@@H](O)[C@@H]2Cc3ccccc3CN2)C(=O)c2ccc(-c3ncnn3C)cc21.CC[C@H]1CN(C[C@@H](O)[C@@H]2Cc3ccccc3CN2)C(=O)c2ccc(Br)cc21.CC[C@H]1CN(C[C@H](O)[C@@H]2Cc3ccccc3CN2)C(=O)c2ccc(Br)cc21. The lowest BCUT2D eigenvalue weighted by molar-refractivity contribution is 0.0482. The normalized spacial score (nSPS) is 22.5. The number of halogens is 4. The van der Waals surface area contributed by atoms with Crippen LogP contribution in [0.3, 0.4) is 0 Å². The molecule has 10 aromatic carbocycles. The molecule has 23 nitrogen and oxygen atoms in total. The summed E-state index contributed by atoms with van der Waals surface area (Å²) < 4.78 is 5.76. The first-order valence-corrected chi connectivity index (χ1v) is 53.0. The molecule has 11 aromatic rings. The van der Waals surface area contributed by atoms with E-state index in [0.717, 1.165) is 182 Å². The number of carbonyl (C=O) groups excluding carboxylic acids is 5. The van der Waals surface area contributed by atoms with Gasteiger partial charge in [-0.15, -0.1) is 0 Å². The van der Waals surface area contributed by atoms with Gasteiger partial charge in [0.05, 0.1) is 30.5 Å². The predicted octanol–water partition coefficient (Wildman–Crippen LogP) is 16.4. The third-order valence-electron chi connectivity index (χ3n) is 30.5. The van der Waals surface area contributed by atoms with Crippen molar-refractivity contribution in [1.29, 1.82) is 0 Å². The van der Waals surface area contributed by atoms with E-state index in [1.165, 1.54) is 62.0 Å². The number of nitrogens with one attached hydrogen (secondary N) is 5. The Balaban J connectivity index is 0.000000121. The highest BCUT2D eigenvalue weighted by atomic mass is 79.9. The van der Waals surface area contributed by atoms with E-state index < -0.39 is 30.5 Å². The zero-order valence-corrected chi connectivity index (χ0v) is 86.8. The van der Waals surface area contributed by atoms with E-state index in [9.17, 15) is 49.5 Å². The number of hydrogen-bond donors (Lipinski definition) is 10. The minimum Gasteiger partial charge on any atom is -0.390 e. The molecule has 5 amide bonds. The van der Waals surface area contributed by atoms with Crippen molar-refractivity contribution in [3.63, 3.8) is 0 Å². The molecule has 0 fully saturated rings. The second-order valence-corrected chi connectivity index (χ2v) is 42.8. The lowest BCUT2D eigenvalue weighted by Gasteiger charge is -2.38. The lowest BCUT2D eigenvalue weighted by atomic mass is 9.85. The Labute approximate surface area is 855 Å². The number of carbonyl (C=O) groups is 5. The number of benzene rings is 10. The van der Waals surface area contributed by atoms with Crippen molar-refractivity contribution in [1.82, 2.24) is 65.8 Å². The maximum atomic E-state index is 13.3. The number of amides is 5. The molecule has 1 aromatic heterocycles. The average molecular weight is 2150 g/mol. The molecule has 0 aliphatic carbocycles. The summed E-state index contributed by atoms with van der Waals surface area (Å²) >= 11 is 14.1. The Hall–Kier alpha value is -9.79. The summed E-state index contributed by atoms with van der Waals surface area (Å²) in [4.78, 5) is 78.8. The fraction of sp³-hybridized carbons (Fsp3) is 0.407. The Bertz CT molecular complexity index is 5720. The maximum Gasteiger partial charge on any atom is 0.254 e. The summed E-state index contributed by atoms with van der Waals surface area (Å²) in [7, 11) is 1.87. The van der Waals surface area contributed by atoms with Crippen LogP contribution in [0, 0.1) is 0 Å². The molecule has 10 aliphatic heterocycles. The van der Waals surface area contributed by atoms with Crippen LogP contribution in [0.1, 0.15) is 232 Å². The van der Waals surface area contributed by atoms with Crippen LogP contribution in [-0.4, -0.2) is 221 Å². The van der Waals surface area contributed by atoms with Crippen molar-refractivity contribution in [2.45, 2.75) is 222 Å². The maximum absolute atomic E-state index is 13.3. The van der Waals surface area contributed by atoms with Gasteiger partial charge >= 0.3 is 0 Å². The molecule has 0 bridgehead atoms. The molecule has 734 valence electrons. The molecule has 0 saturated heterocycles. The van der Waals surface area contributed by atoms with Crippen LogP contribution in [-0.2, 0) is 71.9 Å². The summed E-state index contributed by atoms with van der Waals surface area (Å²) in [6.45, 7) is 19.6. The zero-order valence-electron chi connectivity index (χ0n) is 80.5. The molecule has 0 saturated carbocycles. The van der Waals surface area contributed by atoms with Gasteiger partial charge in [0, 0.05) is 216 Å². The molecule has 0 spiro atoms. The van der Waals surface area contributed by atoms with Crippen LogP contribution in [0.5, 0.6) is 0 Å². The van der Waals surface area contributed by atoms with Crippen molar-refractivity contribution in [2.24, 2.45) is 7.05 Å². The Kier molecular flexibility index (Phi) is 33.6. The van der Waals surface area contributed by atoms with Crippen molar-refractivity contribution >= 4 is 93.3 Å². The molecule has 11 heterocycles. The van der Waals surface area contributed by atoms with Gasteiger partial charge in [0.2, 0.25) is 0 Å². The number of β-amino-alcohol motifs (C(OH)–C–C–N with tert-alkyl or cyclic N) is 5. The van der Waals surface area contributed by atoms with E-state index in [0.29, 0.717) is 89.1 Å². The van der Waals surface area contributed by atoms with Crippen LogP contribution >= 0.6 is 63.7 Å². The van der Waals surface area contributed by atoms with Crippen LogP contribution in [0.15, 0.2) is 237 Å². The summed E-state index contributed by atoms with van der Waals surface area (Å²) in [5, 5.41) is 75.8. The second kappa shape index (κ2) is 46.3. The summed E-state index contributed by atoms with van der Waals surface area (Å²) in [5.41, 5.74) is 23.2. The van der Waals surface area contributed by atoms with Crippen molar-refractivity contribution in [2.75, 3.05) is 65.4 Å². The first-order chi connectivity index (χ1) is 67.8. The van der Waals surface area contributed by atoms with E-state index in [-0.39, 0.29) is 65.7 Å². The molecule has 10 N–H and O–H groups in total. The summed E-state index contributed by atoms with van der Waals surface area (Å²) in [6.07, 6.45) is 7.32. The summed E-state index contributed by atoms with van der Waals surface area (Å²) in [6, 6.07) is 71.0. The number of hydrogen-bond acceptors (Lipinski definition) is 17. The fourth-order valence-corrected chi connectivity index (χ4v) is 23.7. The van der Waals surface area contributed by atoms with E-state index in [1.54, 1.807) is 4.68 Å². The van der Waals surface area contributed by atoms with E-state index >= 15 is 0 Å². The predicted molar refractivity (Wildman–Crippen MR) is 562 cm³/mol. The third kappa shape index (κ3) is 23.2. The first-order valence-electron chi connectivity index (χ1n) is 49.8. The number of rotatable bonds is 21. The van der Waals surface area contributed by atoms with Crippen molar-refractivity contribution < 1.29 is 49.5 Å². The van der Waals surface area contributed by atoms with Gasteiger partial charge in [-0.1, -0.05) is 226 Å². The molecular formula is C113H129Br4N13O10. The quantitative estimate of drug-likeness (QED) is 0.0320. The summed E-state index contributed by atoms with van der Waals surface area (Å²) in [5.74, 6) is 2.34. The number of aromatic nitrogens is 3. The number of aliphatic hydroxyl groups excluding tert-OH is 5. The van der Waals surface area contributed by atoms with Gasteiger partial charge in [-0.25, -0.2) is 9.67 Å². The highest BCUT2D eigenvalue weighted by Gasteiger charge is 2.42. The number of nitrogens with zero attached hydrogens (tertiary/aromatic N) is 8. The van der Waals surface area contributed by atoms with Gasteiger partial charge in [0.15, 0.2) is 5.82 Å². The van der Waals surface area contributed by atoms with Gasteiger partial charge in [0.1, 0.15) is 6.33 Å². The highest BCUT2D eigenvalue weighted by Crippen LogP contribution is 2.41. The fourth-order valence-electron chi connectivity index (χ4n) is 22.2. The number of aliphatic hydroxyl groups is 5. The van der Waals surface area contributed by atoms with Crippen molar-refractivity contribution in [3.8, 4) is 11.4 Å². The standard InChI is InChI=1S/C25H29N5O2.4C22H25BrN2O2/c1-3-16-13-30(14-23(31)22-11-17-6-4-5-7-19(17)12-26-22)25(32)20-9-8-18(10-21(16)20)24-27-15-28-29(24)2;4*1-2-14-12-25(22(27)18-8-7-17(23)10-19(14)18)13-21(26)20-9-15-5-3-4-6-16(15)11-24-20/h4-10,15-16,22-23,26,31H,3,11-14H2,1-2H3;4*3-8,10,14,20-21,24,26H,2,9,11-13H2,1H3/t16-,22-,23+;14-,20+,21+;14-,20+,21-;14-,20-,21+;14-,20-,21-/m01100/s1. The average Bonchev–Trinajstić information content (AvgIpc) is 1.11. The molecule has 140 heavy (non-hydrogen) atoms. The molecule has 0 radical (unpaired) electrons. The van der Waals surface area contributed by atoms with Crippen molar-refractivity contribution in [3.05, 3.63) is 348 Å². The number of aryl methyl sites for hydroxylation is 1. The van der Waals surface area contributed by atoms with Gasteiger partial charge in [0.25, 0.3) is 29.5 Å². The van der Waals surface area contributed by atoms with Gasteiger partial charge < -0.3 is 76.6 Å². The molecule has 27 heteroatoms. The van der Waals surface area contributed by atoms with E-state index in [4.69, 9.17) is 0 Å². The Morgan fingerprint density at radius 2 is 0.507 bits per heavy atom. The molecule has 15 atom stereocenters. The van der Waals surface area contributed by atoms with Gasteiger partial charge in [-0.3, -0.25) is 24.0 Å². The topological polar surface area (TPSA) is 294 Å². The van der Waals surface area contributed by atoms with E-state index in [1.807, 2.05) is 153 Å². The monoisotopic (exact) mass is 2140 g/mol. The molecule has 10 aliphatic rings. The molecule has 0 unspecified atom stereocenters. The third-order valence-corrected chi connectivity index (χ3v) is 32.4. The zero-order chi connectivity index (χ0) is 98.1. The Morgan fingerprint density at radius 3 is 0.714 bits per heavy atom. The van der Waals surface area contributed by atoms with Gasteiger partial charge in [-0.05, 0) is 233 Å². The highest BCUT2D eigenvalue weighted by molar-refractivity contribution is 9.11. The number of fused-ring (bicyclic) bond motifs is 10. The second-order valence-electron chi connectivity index (χ2n) is 39.1. The van der Waals surface area contributed by atoms with Crippen LogP contribution in [0.25, 0.3) is 11.4 Å². The van der Waals surface area contributed by atoms with Crippen LogP contribution < -0.4 is 26.6 Å². The van der Waals surface area contributed by atoms with E-state index in [2.05, 4.69) is 226 Å². The Morgan fingerprint density at radius 1 is 0.300 bits per heavy atom. The lowest BCUT2D eigenvalue weighted by Crippen LogP contribution is -2.52. The largest absolute Gasteiger partial charge is 0.390 e. The minimum atomic E-state index is -0.621. The van der Waals surface area contributed by atoms with Gasteiger partial charge in [-0.2, -0.15) is 5.10 Å². The smallest absolute Gasteiger partial charge is 0.254 e. The van der Waals surface area contributed by atoms with Crippen LogP contribution in [0.4, 0.5) is 0 Å². The minimum absolute atomic E-state index is 0.00975. The van der Waals surface area contributed by atoms with Crippen LogP contribution in [0.2, 0.25) is 0 Å².